The van der Waals surface area contributed by atoms with Crippen molar-refractivity contribution in [3.63, 3.8) is 0 Å². The van der Waals surface area contributed by atoms with Crippen LogP contribution in [0.15, 0.2) is 12.1 Å². The lowest BCUT2D eigenvalue weighted by atomic mass is 10.3. The largest absolute Gasteiger partial charge is 0.349 e. The van der Waals surface area contributed by atoms with E-state index in [-0.39, 0.29) is 5.91 Å². The fourth-order valence-corrected chi connectivity index (χ4v) is 4.09. The van der Waals surface area contributed by atoms with Gasteiger partial charge in [-0.25, -0.2) is 5.84 Å². The van der Waals surface area contributed by atoms with Crippen LogP contribution in [0.3, 0.4) is 0 Å². The van der Waals surface area contributed by atoms with E-state index in [9.17, 15) is 4.79 Å². The van der Waals surface area contributed by atoms with Gasteiger partial charge in [-0.3, -0.25) is 4.79 Å². The van der Waals surface area contributed by atoms with Gasteiger partial charge in [0.15, 0.2) is 11.5 Å². The SMILES string of the molecule is NNc1ccc(C(=O)NCC2CSCCS2)nn1. The lowest BCUT2D eigenvalue weighted by molar-refractivity contribution is 0.0948. The molecule has 1 aliphatic rings. The van der Waals surface area contributed by atoms with Crippen LogP contribution in [0.25, 0.3) is 0 Å². The summed E-state index contributed by atoms with van der Waals surface area (Å²) in [5.41, 5.74) is 2.67. The number of amides is 1. The van der Waals surface area contributed by atoms with Crippen LogP contribution in [0.1, 0.15) is 10.5 Å². The number of rotatable bonds is 4. The molecule has 2 rings (SSSR count). The summed E-state index contributed by atoms with van der Waals surface area (Å²) < 4.78 is 0. The van der Waals surface area contributed by atoms with E-state index in [1.807, 2.05) is 23.5 Å². The number of hydrogen-bond donors (Lipinski definition) is 3. The van der Waals surface area contributed by atoms with Crippen LogP contribution in [0.2, 0.25) is 0 Å². The average molecular weight is 285 g/mol. The Hall–Kier alpha value is -0.990. The van der Waals surface area contributed by atoms with Crippen molar-refractivity contribution < 1.29 is 4.79 Å². The van der Waals surface area contributed by atoms with Crippen molar-refractivity contribution >= 4 is 35.2 Å². The van der Waals surface area contributed by atoms with Gasteiger partial charge in [-0.15, -0.1) is 10.2 Å². The highest BCUT2D eigenvalue weighted by molar-refractivity contribution is 8.06. The van der Waals surface area contributed by atoms with Gasteiger partial charge in [0.25, 0.3) is 5.91 Å². The minimum absolute atomic E-state index is 0.192. The molecule has 98 valence electrons. The summed E-state index contributed by atoms with van der Waals surface area (Å²) >= 11 is 3.84. The van der Waals surface area contributed by atoms with Crippen LogP contribution >= 0.6 is 23.5 Å². The number of aromatic nitrogens is 2. The van der Waals surface area contributed by atoms with E-state index in [1.54, 1.807) is 12.1 Å². The van der Waals surface area contributed by atoms with Gasteiger partial charge in [-0.05, 0) is 12.1 Å². The molecule has 0 saturated carbocycles. The van der Waals surface area contributed by atoms with Crippen molar-refractivity contribution in [3.8, 4) is 0 Å². The van der Waals surface area contributed by atoms with E-state index in [4.69, 9.17) is 5.84 Å². The van der Waals surface area contributed by atoms with E-state index in [0.717, 1.165) is 11.5 Å². The second-order valence-electron chi connectivity index (χ2n) is 3.73. The van der Waals surface area contributed by atoms with Gasteiger partial charge < -0.3 is 10.7 Å². The smallest absolute Gasteiger partial charge is 0.271 e. The Labute approximate surface area is 114 Å². The van der Waals surface area contributed by atoms with Crippen molar-refractivity contribution in [2.75, 3.05) is 29.2 Å². The zero-order chi connectivity index (χ0) is 12.8. The summed E-state index contributed by atoms with van der Waals surface area (Å²) in [5, 5.41) is 10.9. The van der Waals surface area contributed by atoms with E-state index in [2.05, 4.69) is 20.9 Å². The van der Waals surface area contributed by atoms with E-state index < -0.39 is 0 Å². The van der Waals surface area contributed by atoms with Gasteiger partial charge in [0.1, 0.15) is 0 Å². The molecule has 1 fully saturated rings. The number of nitrogens with one attached hydrogen (secondary N) is 2. The van der Waals surface area contributed by atoms with Crippen LogP contribution < -0.4 is 16.6 Å². The fraction of sp³-hybridized carbons (Fsp3) is 0.500. The second-order valence-corrected chi connectivity index (χ2v) is 6.28. The average Bonchev–Trinajstić information content (AvgIpc) is 2.46. The van der Waals surface area contributed by atoms with Crippen LogP contribution in [0.4, 0.5) is 5.82 Å². The third-order valence-electron chi connectivity index (χ3n) is 2.42. The molecule has 0 spiro atoms. The highest BCUT2D eigenvalue weighted by Gasteiger charge is 2.16. The Morgan fingerprint density at radius 2 is 2.33 bits per heavy atom. The summed E-state index contributed by atoms with van der Waals surface area (Å²) in [6.45, 7) is 0.676. The van der Waals surface area contributed by atoms with Crippen LogP contribution in [0.5, 0.6) is 0 Å². The Bertz CT molecular complexity index is 394. The monoisotopic (exact) mass is 285 g/mol. The zero-order valence-electron chi connectivity index (χ0n) is 9.76. The molecule has 2 heterocycles. The molecule has 6 nitrogen and oxygen atoms in total. The van der Waals surface area contributed by atoms with E-state index in [0.29, 0.717) is 23.3 Å². The van der Waals surface area contributed by atoms with Crippen molar-refractivity contribution in [2.45, 2.75) is 5.25 Å². The summed E-state index contributed by atoms with van der Waals surface area (Å²) in [6.07, 6.45) is 0. The van der Waals surface area contributed by atoms with Crippen molar-refractivity contribution in [2.24, 2.45) is 5.84 Å². The van der Waals surface area contributed by atoms with Crippen LogP contribution in [0, 0.1) is 0 Å². The predicted molar refractivity (Wildman–Crippen MR) is 75.7 cm³/mol. The number of hydrogen-bond acceptors (Lipinski definition) is 7. The number of nitrogen functional groups attached to an aromatic ring is 1. The van der Waals surface area contributed by atoms with Gasteiger partial charge in [0.05, 0.1) is 0 Å². The normalized spacial score (nSPS) is 19.3. The quantitative estimate of drug-likeness (QED) is 0.542. The predicted octanol–water partition coefficient (Wildman–Crippen LogP) is 0.341. The lowest BCUT2D eigenvalue weighted by Gasteiger charge is -2.20. The van der Waals surface area contributed by atoms with Gasteiger partial charge in [-0.2, -0.15) is 23.5 Å². The minimum Gasteiger partial charge on any atom is -0.349 e. The maximum absolute atomic E-state index is 11.8. The number of hydrazine groups is 1. The van der Waals surface area contributed by atoms with Crippen molar-refractivity contribution in [1.82, 2.24) is 15.5 Å². The summed E-state index contributed by atoms with van der Waals surface area (Å²) in [4.78, 5) is 11.8. The summed E-state index contributed by atoms with van der Waals surface area (Å²) in [5.74, 6) is 8.86. The van der Waals surface area contributed by atoms with Crippen molar-refractivity contribution in [3.05, 3.63) is 17.8 Å². The molecule has 0 aliphatic carbocycles. The molecule has 1 amide bonds. The Kier molecular flexibility index (Phi) is 5.09. The summed E-state index contributed by atoms with van der Waals surface area (Å²) in [6, 6.07) is 3.22. The summed E-state index contributed by atoms with van der Waals surface area (Å²) in [7, 11) is 0. The Balaban J connectivity index is 1.82. The molecule has 1 aliphatic heterocycles. The topological polar surface area (TPSA) is 92.9 Å². The molecule has 0 bridgehead atoms. The maximum Gasteiger partial charge on any atom is 0.271 e. The van der Waals surface area contributed by atoms with Gasteiger partial charge >= 0.3 is 0 Å². The molecule has 1 unspecified atom stereocenters. The standard InChI is InChI=1S/C10H15N5OS2/c11-13-9-2-1-8(14-15-9)10(16)12-5-7-6-17-3-4-18-7/h1-2,7H,3-6,11H2,(H,12,16)(H,13,15). The molecule has 8 heteroatoms. The maximum atomic E-state index is 11.8. The molecular formula is C10H15N5OS2. The number of nitrogens with zero attached hydrogens (tertiary/aromatic N) is 2. The lowest BCUT2D eigenvalue weighted by Crippen LogP contribution is -2.34. The number of carbonyl (C=O) groups excluding carboxylic acids is 1. The first-order valence-corrected chi connectivity index (χ1v) is 7.78. The van der Waals surface area contributed by atoms with Crippen LogP contribution in [-0.2, 0) is 0 Å². The van der Waals surface area contributed by atoms with Gasteiger partial charge in [-0.1, -0.05) is 0 Å². The van der Waals surface area contributed by atoms with Gasteiger partial charge in [0.2, 0.25) is 0 Å². The number of anilines is 1. The van der Waals surface area contributed by atoms with E-state index >= 15 is 0 Å². The van der Waals surface area contributed by atoms with E-state index in [1.165, 1.54) is 5.75 Å². The number of nitrogens with two attached hydrogens (primary N) is 1. The number of carbonyl (C=O) groups is 1. The number of thioether (sulfide) groups is 2. The Morgan fingerprint density at radius 3 is 2.94 bits per heavy atom. The first-order valence-electron chi connectivity index (χ1n) is 5.57. The third kappa shape index (κ3) is 3.76. The molecule has 0 aromatic carbocycles. The first-order chi connectivity index (χ1) is 8.79. The first kappa shape index (κ1) is 13.4. The third-order valence-corrected chi connectivity index (χ3v) is 5.27. The van der Waals surface area contributed by atoms with Gasteiger partial charge in [0, 0.05) is 29.1 Å². The highest BCUT2D eigenvalue weighted by atomic mass is 32.2. The second kappa shape index (κ2) is 6.81. The zero-order valence-corrected chi connectivity index (χ0v) is 11.4. The van der Waals surface area contributed by atoms with Crippen molar-refractivity contribution in [1.29, 1.82) is 0 Å². The molecule has 0 radical (unpaired) electrons. The Morgan fingerprint density at radius 1 is 1.44 bits per heavy atom. The molecular weight excluding hydrogens is 270 g/mol. The molecule has 18 heavy (non-hydrogen) atoms. The highest BCUT2D eigenvalue weighted by Crippen LogP contribution is 2.23. The molecule has 1 atom stereocenters. The van der Waals surface area contributed by atoms with Crippen LogP contribution in [-0.4, -0.2) is 45.2 Å². The molecule has 1 aromatic rings. The molecule has 1 saturated heterocycles. The minimum atomic E-state index is -0.192. The molecule has 1 aromatic heterocycles. The fourth-order valence-electron chi connectivity index (χ4n) is 1.48. The molecule has 4 N–H and O–H groups in total.